The predicted molar refractivity (Wildman–Crippen MR) is 171 cm³/mol. The van der Waals surface area contributed by atoms with Gasteiger partial charge in [-0.05, 0) is 62.7 Å². The van der Waals surface area contributed by atoms with Gasteiger partial charge in [0.2, 0.25) is 5.91 Å². The van der Waals surface area contributed by atoms with E-state index in [1.54, 1.807) is 13.2 Å². The number of rotatable bonds is 14. The lowest BCUT2D eigenvalue weighted by Gasteiger charge is -2.25. The van der Waals surface area contributed by atoms with Crippen LogP contribution in [0.1, 0.15) is 49.5 Å². The van der Waals surface area contributed by atoms with Crippen LogP contribution in [0.15, 0.2) is 30.3 Å². The Morgan fingerprint density at radius 2 is 1.88 bits per heavy atom. The maximum absolute atomic E-state index is 13.6. The summed E-state index contributed by atoms with van der Waals surface area (Å²) in [6, 6.07) is 8.52. The van der Waals surface area contributed by atoms with Crippen molar-refractivity contribution >= 4 is 29.1 Å². The molecule has 0 bridgehead atoms. The Balaban J connectivity index is 2.06. The van der Waals surface area contributed by atoms with E-state index in [2.05, 4.69) is 24.1 Å². The van der Waals surface area contributed by atoms with E-state index in [-0.39, 0.29) is 31.0 Å². The Hall–Kier alpha value is -2.89. The Morgan fingerprint density at radius 3 is 2.42 bits per heavy atom. The SMILES string of the molecule is CCC1C(CO)ON(Cc2ccc(Cl)c(-c3cc(C(=O)NC(CC(C)C)CN(C)C)cc(N(C)C)c3)c2OC)C1C(N)=O. The Kier molecular flexibility index (Phi) is 12.2. The van der Waals surface area contributed by atoms with Gasteiger partial charge in [0.05, 0.1) is 25.3 Å². The number of methoxy groups -OCH3 is 1. The zero-order valence-corrected chi connectivity index (χ0v) is 27.4. The summed E-state index contributed by atoms with van der Waals surface area (Å²) in [7, 11) is 9.38. The van der Waals surface area contributed by atoms with Gasteiger partial charge in [0.25, 0.3) is 5.91 Å². The molecule has 3 rings (SSSR count). The summed E-state index contributed by atoms with van der Waals surface area (Å²) < 4.78 is 5.92. The molecule has 0 aromatic heterocycles. The number of likely N-dealkylation sites (N-methyl/N-ethyl adjacent to an activating group) is 1. The number of hydrogen-bond acceptors (Lipinski definition) is 8. The third-order valence-corrected chi connectivity index (χ3v) is 8.10. The zero-order valence-electron chi connectivity index (χ0n) is 26.7. The molecule has 10 nitrogen and oxygen atoms in total. The number of nitrogens with one attached hydrogen (secondary N) is 1. The second kappa shape index (κ2) is 15.2. The molecule has 2 aromatic rings. The van der Waals surface area contributed by atoms with E-state index in [1.165, 1.54) is 5.06 Å². The lowest BCUT2D eigenvalue weighted by atomic mass is 9.91. The average molecular weight is 618 g/mol. The highest BCUT2D eigenvalue weighted by molar-refractivity contribution is 6.33. The fourth-order valence-corrected chi connectivity index (χ4v) is 6.13. The van der Waals surface area contributed by atoms with Gasteiger partial charge in [0, 0.05) is 55.0 Å². The lowest BCUT2D eigenvalue weighted by Crippen LogP contribution is -2.43. The normalized spacial score (nSPS) is 19.6. The first kappa shape index (κ1) is 34.6. The van der Waals surface area contributed by atoms with Crippen LogP contribution in [-0.4, -0.2) is 93.5 Å². The van der Waals surface area contributed by atoms with Crippen molar-refractivity contribution in [2.24, 2.45) is 17.6 Å². The third-order valence-electron chi connectivity index (χ3n) is 7.79. The van der Waals surface area contributed by atoms with E-state index >= 15 is 0 Å². The molecule has 1 saturated heterocycles. The van der Waals surface area contributed by atoms with Crippen molar-refractivity contribution in [3.8, 4) is 16.9 Å². The number of carbonyl (C=O) groups is 2. The van der Waals surface area contributed by atoms with Gasteiger partial charge in [0.15, 0.2) is 0 Å². The highest BCUT2D eigenvalue weighted by atomic mass is 35.5. The number of carbonyl (C=O) groups excluding carboxylic acids is 2. The van der Waals surface area contributed by atoms with Crippen LogP contribution in [0.4, 0.5) is 5.69 Å². The largest absolute Gasteiger partial charge is 0.496 e. The topological polar surface area (TPSA) is 121 Å². The first-order chi connectivity index (χ1) is 20.3. The van der Waals surface area contributed by atoms with Crippen molar-refractivity contribution in [2.45, 2.75) is 58.3 Å². The van der Waals surface area contributed by atoms with Crippen LogP contribution in [-0.2, 0) is 16.2 Å². The Morgan fingerprint density at radius 1 is 1.19 bits per heavy atom. The number of amides is 2. The molecule has 2 amide bonds. The minimum Gasteiger partial charge on any atom is -0.496 e. The Bertz CT molecular complexity index is 1260. The summed E-state index contributed by atoms with van der Waals surface area (Å²) in [6.07, 6.45) is 0.935. The van der Waals surface area contributed by atoms with Crippen molar-refractivity contribution in [1.29, 1.82) is 0 Å². The molecule has 0 radical (unpaired) electrons. The van der Waals surface area contributed by atoms with Crippen LogP contribution >= 0.6 is 11.6 Å². The van der Waals surface area contributed by atoms with E-state index in [1.807, 2.05) is 64.3 Å². The summed E-state index contributed by atoms with van der Waals surface area (Å²) in [6.45, 7) is 6.91. The minimum atomic E-state index is -0.709. The summed E-state index contributed by atoms with van der Waals surface area (Å²) in [4.78, 5) is 36.1. The van der Waals surface area contributed by atoms with E-state index < -0.39 is 18.1 Å². The first-order valence-electron chi connectivity index (χ1n) is 14.8. The number of halogens is 1. The first-order valence-corrected chi connectivity index (χ1v) is 15.2. The number of hydrogen-bond donors (Lipinski definition) is 3. The maximum atomic E-state index is 13.6. The molecule has 1 heterocycles. The number of primary amides is 1. The molecule has 43 heavy (non-hydrogen) atoms. The molecular formula is C32H48ClN5O5. The van der Waals surface area contributed by atoms with Gasteiger partial charge in [-0.25, -0.2) is 0 Å². The highest BCUT2D eigenvalue weighted by Crippen LogP contribution is 2.42. The van der Waals surface area contributed by atoms with Crippen molar-refractivity contribution in [2.75, 3.05) is 53.4 Å². The van der Waals surface area contributed by atoms with Gasteiger partial charge in [0.1, 0.15) is 17.9 Å². The monoisotopic (exact) mass is 617 g/mol. The number of aliphatic hydroxyl groups excluding tert-OH is 1. The molecule has 0 saturated carbocycles. The number of aliphatic hydroxyl groups is 1. The van der Waals surface area contributed by atoms with E-state index in [4.69, 9.17) is 26.9 Å². The molecular weight excluding hydrogens is 570 g/mol. The third kappa shape index (κ3) is 8.39. The fourth-order valence-electron chi connectivity index (χ4n) is 5.88. The van der Waals surface area contributed by atoms with E-state index in [9.17, 15) is 14.7 Å². The molecule has 1 aliphatic heterocycles. The second-order valence-corrected chi connectivity index (χ2v) is 12.6. The van der Waals surface area contributed by atoms with Crippen LogP contribution in [0.2, 0.25) is 5.02 Å². The molecule has 1 fully saturated rings. The molecule has 2 aromatic carbocycles. The molecule has 0 aliphatic carbocycles. The van der Waals surface area contributed by atoms with Crippen LogP contribution in [0.5, 0.6) is 5.75 Å². The van der Waals surface area contributed by atoms with Gasteiger partial charge in [-0.3, -0.25) is 14.4 Å². The number of anilines is 1. The smallest absolute Gasteiger partial charge is 0.251 e. The quantitative estimate of drug-likeness (QED) is 0.293. The number of nitrogens with zero attached hydrogens (tertiary/aromatic N) is 3. The van der Waals surface area contributed by atoms with Crippen LogP contribution in [0.3, 0.4) is 0 Å². The zero-order chi connectivity index (χ0) is 32.0. The summed E-state index contributed by atoms with van der Waals surface area (Å²) in [5.41, 5.74) is 9.15. The standard InChI is InChI=1S/C32H48ClN5O5/c1-9-25-27(18-39)43-38(29(25)31(34)40)16-20-10-11-26(33)28(30(20)42-8)21-13-22(15-24(14-21)37(6)7)32(41)35-23(12-19(2)3)17-36(4)5/h10-11,13-15,19,23,25,27,29,39H,9,12,16-18H2,1-8H3,(H2,34,40)(H,35,41). The molecule has 4 atom stereocenters. The minimum absolute atomic E-state index is 0.0104. The Labute approximate surface area is 261 Å². The predicted octanol–water partition coefficient (Wildman–Crippen LogP) is 3.78. The lowest BCUT2D eigenvalue weighted by molar-refractivity contribution is -0.180. The molecule has 0 spiro atoms. The van der Waals surface area contributed by atoms with Gasteiger partial charge >= 0.3 is 0 Å². The van der Waals surface area contributed by atoms with Gasteiger partial charge in [-0.1, -0.05) is 38.4 Å². The second-order valence-electron chi connectivity index (χ2n) is 12.2. The van der Waals surface area contributed by atoms with Gasteiger partial charge < -0.3 is 30.7 Å². The highest BCUT2D eigenvalue weighted by Gasteiger charge is 2.45. The van der Waals surface area contributed by atoms with Crippen molar-refractivity contribution < 1.29 is 24.3 Å². The maximum Gasteiger partial charge on any atom is 0.251 e. The summed E-state index contributed by atoms with van der Waals surface area (Å²) >= 11 is 6.81. The van der Waals surface area contributed by atoms with Gasteiger partial charge in [-0.15, -0.1) is 0 Å². The van der Waals surface area contributed by atoms with E-state index in [0.29, 0.717) is 45.4 Å². The van der Waals surface area contributed by atoms with Crippen LogP contribution in [0, 0.1) is 11.8 Å². The van der Waals surface area contributed by atoms with Crippen molar-refractivity contribution in [3.05, 3.63) is 46.5 Å². The number of ether oxygens (including phenoxy) is 1. The van der Waals surface area contributed by atoms with Crippen molar-refractivity contribution in [1.82, 2.24) is 15.3 Å². The number of hydroxylamine groups is 2. The summed E-state index contributed by atoms with van der Waals surface area (Å²) in [5.74, 6) is -0.0133. The van der Waals surface area contributed by atoms with Crippen LogP contribution < -0.4 is 20.7 Å². The van der Waals surface area contributed by atoms with Crippen molar-refractivity contribution in [3.63, 3.8) is 0 Å². The molecule has 238 valence electrons. The number of nitrogens with two attached hydrogens (primary N) is 1. The fraction of sp³-hybridized carbons (Fsp3) is 0.562. The molecule has 4 unspecified atom stereocenters. The van der Waals surface area contributed by atoms with E-state index in [0.717, 1.165) is 18.7 Å². The summed E-state index contributed by atoms with van der Waals surface area (Å²) in [5, 5.41) is 15.1. The van der Waals surface area contributed by atoms with Crippen LogP contribution in [0.25, 0.3) is 11.1 Å². The molecule has 4 N–H and O–H groups in total. The number of benzene rings is 2. The molecule has 11 heteroatoms. The molecule has 1 aliphatic rings. The average Bonchev–Trinajstić information content (AvgIpc) is 3.30. The van der Waals surface area contributed by atoms with Gasteiger partial charge in [-0.2, -0.15) is 5.06 Å².